The summed E-state index contributed by atoms with van der Waals surface area (Å²) in [5.41, 5.74) is 4.28. The Hall–Kier alpha value is -1.82. The van der Waals surface area contributed by atoms with Gasteiger partial charge in [-0.1, -0.05) is 54.6 Å². The highest BCUT2D eigenvalue weighted by Gasteiger charge is 2.36. The smallest absolute Gasteiger partial charge is 0.0587 e. The van der Waals surface area contributed by atoms with E-state index in [4.69, 9.17) is 16.9 Å². The molecular weight excluding hydrogens is 340 g/mol. The normalized spacial score (nSPS) is 18.0. The average molecular weight is 369 g/mol. The first-order chi connectivity index (χ1) is 12.6. The molecule has 0 N–H and O–H groups in total. The Morgan fingerprint density at radius 2 is 1.58 bits per heavy atom. The van der Waals surface area contributed by atoms with Gasteiger partial charge in [-0.3, -0.25) is 0 Å². The van der Waals surface area contributed by atoms with Crippen molar-refractivity contribution in [3.8, 4) is 6.07 Å². The molecule has 0 amide bonds. The molecule has 26 heavy (non-hydrogen) atoms. The number of benzene rings is 2. The number of nitriles is 1. The van der Waals surface area contributed by atoms with E-state index >= 15 is 0 Å². The number of likely N-dealkylation sites (N-methyl/N-ethyl adjacent to an activating group) is 1. The zero-order chi connectivity index (χ0) is 18.8. The third-order valence-corrected chi connectivity index (χ3v) is 5.23. The Balaban J connectivity index is 0.000000758. The number of nitrogens with zero attached hydrogens (tertiary/aromatic N) is 2. The molecule has 0 saturated heterocycles. The Kier molecular flexibility index (Phi) is 8.68. The summed E-state index contributed by atoms with van der Waals surface area (Å²) in [6, 6.07) is 21.6. The van der Waals surface area contributed by atoms with Gasteiger partial charge in [0.05, 0.1) is 6.07 Å². The van der Waals surface area contributed by atoms with Crippen LogP contribution in [0.3, 0.4) is 0 Å². The molecule has 1 fully saturated rings. The van der Waals surface area contributed by atoms with Crippen molar-refractivity contribution in [2.24, 2.45) is 0 Å². The van der Waals surface area contributed by atoms with Crippen molar-refractivity contribution in [3.05, 3.63) is 71.3 Å². The van der Waals surface area contributed by atoms with Crippen LogP contribution in [0.5, 0.6) is 0 Å². The van der Waals surface area contributed by atoms with E-state index in [0.717, 1.165) is 32.4 Å². The highest BCUT2D eigenvalue weighted by atomic mass is 35.5. The van der Waals surface area contributed by atoms with Crippen molar-refractivity contribution < 1.29 is 0 Å². The van der Waals surface area contributed by atoms with Gasteiger partial charge in [0.1, 0.15) is 0 Å². The number of aryl methyl sites for hydroxylation is 1. The standard InChI is InChI=1S/C21H26ClN.C2H3N/c1-23(15-13-17-6-3-2-4-7-17)14-5-8-18-9-11-19(12-10-18)20-16-21(20)22;1-2-3/h2-4,6-7,9-12,20-21H,5,8,13-16H2,1H3;1H3. The molecular formula is C23H29ClN2. The van der Waals surface area contributed by atoms with Gasteiger partial charge in [0.15, 0.2) is 0 Å². The molecule has 0 aromatic heterocycles. The molecule has 2 atom stereocenters. The van der Waals surface area contributed by atoms with Crippen LogP contribution < -0.4 is 0 Å². The summed E-state index contributed by atoms with van der Waals surface area (Å²) >= 11 is 6.11. The summed E-state index contributed by atoms with van der Waals surface area (Å²) in [6.07, 6.45) is 4.65. The molecule has 0 bridgehead atoms. The lowest BCUT2D eigenvalue weighted by molar-refractivity contribution is 0.333. The van der Waals surface area contributed by atoms with Crippen molar-refractivity contribution in [1.82, 2.24) is 4.90 Å². The molecule has 0 aliphatic heterocycles. The number of hydrogen-bond acceptors (Lipinski definition) is 2. The van der Waals surface area contributed by atoms with Crippen LogP contribution in [0, 0.1) is 11.3 Å². The molecule has 1 saturated carbocycles. The van der Waals surface area contributed by atoms with E-state index in [-0.39, 0.29) is 0 Å². The maximum absolute atomic E-state index is 7.32. The monoisotopic (exact) mass is 368 g/mol. The van der Waals surface area contributed by atoms with Crippen molar-refractivity contribution in [2.45, 2.75) is 43.9 Å². The van der Waals surface area contributed by atoms with Gasteiger partial charge < -0.3 is 4.90 Å². The molecule has 2 aromatic rings. The van der Waals surface area contributed by atoms with Crippen molar-refractivity contribution in [2.75, 3.05) is 20.1 Å². The largest absolute Gasteiger partial charge is 0.306 e. The fourth-order valence-corrected chi connectivity index (χ4v) is 3.41. The highest BCUT2D eigenvalue weighted by molar-refractivity contribution is 6.23. The molecule has 3 heteroatoms. The van der Waals surface area contributed by atoms with Crippen molar-refractivity contribution in [3.63, 3.8) is 0 Å². The first-order valence-corrected chi connectivity index (χ1v) is 9.84. The van der Waals surface area contributed by atoms with Crippen LogP contribution in [0.1, 0.15) is 42.4 Å². The van der Waals surface area contributed by atoms with E-state index in [1.165, 1.54) is 30.0 Å². The fourth-order valence-electron chi connectivity index (χ4n) is 3.07. The van der Waals surface area contributed by atoms with Crippen LogP contribution in [0.25, 0.3) is 0 Å². The predicted octanol–water partition coefficient (Wildman–Crippen LogP) is 5.42. The second-order valence-electron chi connectivity index (χ2n) is 6.97. The highest BCUT2D eigenvalue weighted by Crippen LogP contribution is 2.45. The minimum Gasteiger partial charge on any atom is -0.306 e. The topological polar surface area (TPSA) is 27.0 Å². The summed E-state index contributed by atoms with van der Waals surface area (Å²) < 4.78 is 0. The SMILES string of the molecule is CC#N.CN(CCCc1ccc(C2CC2Cl)cc1)CCc1ccccc1. The van der Waals surface area contributed by atoms with E-state index in [0.29, 0.717) is 11.3 Å². The minimum absolute atomic E-state index is 0.374. The van der Waals surface area contributed by atoms with Crippen LogP contribution in [0.4, 0.5) is 0 Å². The average Bonchev–Trinajstić information content (AvgIpc) is 3.39. The van der Waals surface area contributed by atoms with E-state index in [2.05, 4.69) is 66.5 Å². The number of halogens is 1. The Labute approximate surface area is 163 Å². The van der Waals surface area contributed by atoms with E-state index in [9.17, 15) is 0 Å². The molecule has 3 rings (SSSR count). The lowest BCUT2D eigenvalue weighted by atomic mass is 10.0. The summed E-state index contributed by atoms with van der Waals surface area (Å²) in [7, 11) is 2.22. The molecule has 138 valence electrons. The van der Waals surface area contributed by atoms with E-state index in [1.54, 1.807) is 6.07 Å². The molecule has 0 heterocycles. The Morgan fingerprint density at radius 1 is 1.00 bits per heavy atom. The lowest BCUT2D eigenvalue weighted by Gasteiger charge is -2.16. The fraction of sp³-hybridized carbons (Fsp3) is 0.435. The first kappa shape index (κ1) is 20.5. The second-order valence-corrected chi connectivity index (χ2v) is 7.53. The number of alkyl halides is 1. The Bertz CT molecular complexity index is 676. The summed E-state index contributed by atoms with van der Waals surface area (Å²) in [4.78, 5) is 2.43. The van der Waals surface area contributed by atoms with Gasteiger partial charge in [-0.05, 0) is 56.0 Å². The zero-order valence-electron chi connectivity index (χ0n) is 15.9. The lowest BCUT2D eigenvalue weighted by Crippen LogP contribution is -2.22. The summed E-state index contributed by atoms with van der Waals surface area (Å²) in [5.74, 6) is 0.606. The van der Waals surface area contributed by atoms with Gasteiger partial charge in [0.2, 0.25) is 0 Å². The van der Waals surface area contributed by atoms with Crippen molar-refractivity contribution in [1.29, 1.82) is 5.26 Å². The number of rotatable bonds is 8. The first-order valence-electron chi connectivity index (χ1n) is 9.40. The number of hydrogen-bond donors (Lipinski definition) is 0. The van der Waals surface area contributed by atoms with E-state index < -0.39 is 0 Å². The maximum Gasteiger partial charge on any atom is 0.0587 e. The predicted molar refractivity (Wildman–Crippen MR) is 111 cm³/mol. The van der Waals surface area contributed by atoms with Gasteiger partial charge in [-0.15, -0.1) is 11.6 Å². The van der Waals surface area contributed by atoms with Gasteiger partial charge >= 0.3 is 0 Å². The van der Waals surface area contributed by atoms with Crippen LogP contribution in [0.15, 0.2) is 54.6 Å². The third kappa shape index (κ3) is 7.20. The minimum atomic E-state index is 0.374. The molecule has 0 spiro atoms. The van der Waals surface area contributed by atoms with E-state index in [1.807, 2.05) is 0 Å². The Morgan fingerprint density at radius 3 is 2.15 bits per heavy atom. The van der Waals surface area contributed by atoms with Crippen LogP contribution in [-0.4, -0.2) is 30.4 Å². The quantitative estimate of drug-likeness (QED) is 0.582. The van der Waals surface area contributed by atoms with Crippen LogP contribution >= 0.6 is 11.6 Å². The molecule has 0 radical (unpaired) electrons. The third-order valence-electron chi connectivity index (χ3n) is 4.75. The van der Waals surface area contributed by atoms with Gasteiger partial charge in [0.25, 0.3) is 0 Å². The zero-order valence-corrected chi connectivity index (χ0v) is 16.6. The summed E-state index contributed by atoms with van der Waals surface area (Å²) in [5, 5.41) is 7.69. The molecule has 2 nitrogen and oxygen atoms in total. The van der Waals surface area contributed by atoms with Crippen molar-refractivity contribution >= 4 is 11.6 Å². The van der Waals surface area contributed by atoms with Gasteiger partial charge in [-0.2, -0.15) is 5.26 Å². The molecule has 2 aromatic carbocycles. The molecule has 1 aliphatic carbocycles. The van der Waals surface area contributed by atoms with Crippen LogP contribution in [-0.2, 0) is 12.8 Å². The van der Waals surface area contributed by atoms with Gasteiger partial charge in [-0.25, -0.2) is 0 Å². The molecule has 2 unspecified atom stereocenters. The molecule has 1 aliphatic rings. The second kappa shape index (κ2) is 11.0. The van der Waals surface area contributed by atoms with Crippen LogP contribution in [0.2, 0.25) is 0 Å². The summed E-state index contributed by atoms with van der Waals surface area (Å²) in [6.45, 7) is 3.71. The van der Waals surface area contributed by atoms with Gasteiger partial charge in [0, 0.05) is 24.8 Å². The maximum atomic E-state index is 7.32.